The minimum absolute atomic E-state index is 0.0167. The number of nitrogens with zero attached hydrogens (tertiary/aromatic N) is 3. The Morgan fingerprint density at radius 1 is 1.06 bits per heavy atom. The Morgan fingerprint density at radius 3 is 2.42 bits per heavy atom. The Labute approximate surface area is 209 Å². The van der Waals surface area contributed by atoms with Crippen LogP contribution >= 0.6 is 0 Å². The molecule has 1 N–H and O–H groups in total. The van der Waals surface area contributed by atoms with Gasteiger partial charge in [-0.2, -0.15) is 0 Å². The van der Waals surface area contributed by atoms with Crippen LogP contribution in [-0.2, 0) is 17.8 Å². The number of benzene rings is 1. The van der Waals surface area contributed by atoms with Crippen LogP contribution in [0.2, 0.25) is 0 Å². The molecule has 6 nitrogen and oxygen atoms in total. The third-order valence-corrected chi connectivity index (χ3v) is 9.01. The summed E-state index contributed by atoms with van der Waals surface area (Å²) in [4.78, 5) is 36.2. The molecule has 1 aromatic carbocycles. The second-order valence-corrected chi connectivity index (χ2v) is 12.6. The van der Waals surface area contributed by atoms with Gasteiger partial charge in [0.1, 0.15) is 29.3 Å². The lowest BCUT2D eigenvalue weighted by molar-refractivity contribution is -0.153. The largest absolute Gasteiger partial charge is 0.332 e. The van der Waals surface area contributed by atoms with Crippen molar-refractivity contribution in [2.24, 2.45) is 22.2 Å². The fraction of sp³-hybridized carbons (Fsp3) is 0.571. The standard InChI is InChI=1S/C28H32F2N4O2/c1-26-8-17-9-27(2,13-26)15-28(10-17,14-26)11-22(35)33-24-18-6-7-34(12-21(18)31-16-32-24)25(36)23-19(29)4-3-5-20(23)30/h3-5,16-17H,6-15H2,1-2H3,(H,31,32,33,35). The van der Waals surface area contributed by atoms with Crippen LogP contribution in [0.4, 0.5) is 14.6 Å². The number of anilines is 1. The van der Waals surface area contributed by atoms with Gasteiger partial charge in [0.25, 0.3) is 5.91 Å². The molecule has 1 aromatic heterocycles. The maximum Gasteiger partial charge on any atom is 0.260 e. The first kappa shape index (κ1) is 23.5. The summed E-state index contributed by atoms with van der Waals surface area (Å²) in [5.74, 6) is -1.28. The van der Waals surface area contributed by atoms with Crippen LogP contribution in [0, 0.1) is 33.8 Å². The fourth-order valence-corrected chi connectivity index (χ4v) is 8.89. The summed E-state index contributed by atoms with van der Waals surface area (Å²) < 4.78 is 28.3. The van der Waals surface area contributed by atoms with E-state index < -0.39 is 23.1 Å². The number of fused-ring (bicyclic) bond motifs is 1. The summed E-state index contributed by atoms with van der Waals surface area (Å²) in [7, 11) is 0. The molecule has 2 aromatic rings. The summed E-state index contributed by atoms with van der Waals surface area (Å²) in [6.07, 6.45) is 9.49. The van der Waals surface area contributed by atoms with Gasteiger partial charge in [0.05, 0.1) is 12.2 Å². The lowest BCUT2D eigenvalue weighted by Crippen LogP contribution is -2.55. The lowest BCUT2D eigenvalue weighted by atomic mass is 9.40. The van der Waals surface area contributed by atoms with Gasteiger partial charge >= 0.3 is 0 Å². The summed E-state index contributed by atoms with van der Waals surface area (Å²) >= 11 is 0. The number of hydrogen-bond acceptors (Lipinski definition) is 4. The first-order valence-corrected chi connectivity index (χ1v) is 12.9. The Hall–Kier alpha value is -2.90. The van der Waals surface area contributed by atoms with Crippen LogP contribution in [0.5, 0.6) is 0 Å². The van der Waals surface area contributed by atoms with Crippen molar-refractivity contribution in [1.29, 1.82) is 0 Å². The molecule has 1 aliphatic heterocycles. The first-order chi connectivity index (χ1) is 17.1. The summed E-state index contributed by atoms with van der Waals surface area (Å²) in [5.41, 5.74) is 1.57. The highest BCUT2D eigenvalue weighted by atomic mass is 19.1. The normalized spacial score (nSPS) is 32.3. The molecule has 2 heterocycles. The number of halogens is 2. The van der Waals surface area contributed by atoms with Gasteiger partial charge in [-0.15, -0.1) is 0 Å². The zero-order valence-corrected chi connectivity index (χ0v) is 20.9. The number of carbonyl (C=O) groups is 2. The third kappa shape index (κ3) is 3.98. The van der Waals surface area contributed by atoms with Gasteiger partial charge < -0.3 is 10.2 Å². The van der Waals surface area contributed by atoms with Gasteiger partial charge in [-0.1, -0.05) is 19.9 Å². The molecular weight excluding hydrogens is 462 g/mol. The molecule has 4 fully saturated rings. The van der Waals surface area contributed by atoms with Gasteiger partial charge in [0, 0.05) is 18.5 Å². The fourth-order valence-electron chi connectivity index (χ4n) is 8.89. The van der Waals surface area contributed by atoms with E-state index in [4.69, 9.17) is 0 Å². The van der Waals surface area contributed by atoms with Gasteiger partial charge in [0.2, 0.25) is 5.91 Å². The highest BCUT2D eigenvalue weighted by Gasteiger charge is 2.60. The number of aromatic nitrogens is 2. The van der Waals surface area contributed by atoms with Gasteiger partial charge in [-0.05, 0) is 79.2 Å². The molecule has 2 atom stereocenters. The zero-order valence-electron chi connectivity index (χ0n) is 20.9. The molecule has 0 spiro atoms. The van der Waals surface area contributed by atoms with E-state index in [1.54, 1.807) is 0 Å². The Balaban J connectivity index is 1.17. The molecule has 2 unspecified atom stereocenters. The molecule has 36 heavy (non-hydrogen) atoms. The number of rotatable bonds is 4. The van der Waals surface area contributed by atoms with Crippen LogP contribution in [0.3, 0.4) is 0 Å². The monoisotopic (exact) mass is 494 g/mol. The van der Waals surface area contributed by atoms with Gasteiger partial charge in [-0.25, -0.2) is 18.7 Å². The predicted molar refractivity (Wildman–Crippen MR) is 130 cm³/mol. The lowest BCUT2D eigenvalue weighted by Gasteiger charge is -2.65. The highest BCUT2D eigenvalue weighted by molar-refractivity contribution is 5.95. The Kier molecular flexibility index (Phi) is 5.25. The number of carbonyl (C=O) groups excluding carboxylic acids is 2. The SMILES string of the molecule is CC12CC3CC(C)(C1)CC(CC(=O)Nc1ncnc4c1CCN(C(=O)c1c(F)cccc1F)C4)(C3)C2. The van der Waals surface area contributed by atoms with Crippen molar-refractivity contribution in [2.75, 3.05) is 11.9 Å². The molecule has 4 aliphatic carbocycles. The second kappa shape index (κ2) is 8.05. The summed E-state index contributed by atoms with van der Waals surface area (Å²) in [6.45, 7) is 5.18. The molecule has 190 valence electrons. The third-order valence-electron chi connectivity index (χ3n) is 9.01. The quantitative estimate of drug-likeness (QED) is 0.628. The zero-order chi connectivity index (χ0) is 25.3. The maximum absolute atomic E-state index is 14.2. The Morgan fingerprint density at radius 2 is 1.75 bits per heavy atom. The molecule has 5 aliphatic rings. The van der Waals surface area contributed by atoms with Crippen LogP contribution in [-0.4, -0.2) is 33.2 Å². The van der Waals surface area contributed by atoms with E-state index in [0.29, 0.717) is 35.2 Å². The van der Waals surface area contributed by atoms with E-state index >= 15 is 0 Å². The van der Waals surface area contributed by atoms with Crippen molar-refractivity contribution in [3.63, 3.8) is 0 Å². The number of amides is 2. The summed E-state index contributed by atoms with van der Waals surface area (Å²) in [6, 6.07) is 3.39. The van der Waals surface area contributed by atoms with Crippen LogP contribution < -0.4 is 5.32 Å². The molecule has 0 saturated heterocycles. The molecule has 4 saturated carbocycles. The molecular formula is C28H32F2N4O2. The van der Waals surface area contributed by atoms with Gasteiger partial charge in [0.15, 0.2) is 0 Å². The van der Waals surface area contributed by atoms with Crippen molar-refractivity contribution < 1.29 is 18.4 Å². The van der Waals surface area contributed by atoms with Crippen molar-refractivity contribution in [3.05, 3.63) is 53.0 Å². The average molecular weight is 495 g/mol. The molecule has 8 heteroatoms. The molecule has 7 rings (SSSR count). The topological polar surface area (TPSA) is 75.2 Å². The first-order valence-electron chi connectivity index (χ1n) is 12.9. The molecule has 4 bridgehead atoms. The summed E-state index contributed by atoms with van der Waals surface area (Å²) in [5, 5.41) is 3.05. The minimum atomic E-state index is -0.881. The molecule has 2 amide bonds. The van der Waals surface area contributed by atoms with E-state index in [0.717, 1.165) is 42.9 Å². The molecule has 0 radical (unpaired) electrons. The maximum atomic E-state index is 14.2. The van der Waals surface area contributed by atoms with E-state index in [1.807, 2.05) is 0 Å². The highest BCUT2D eigenvalue weighted by Crippen LogP contribution is 2.70. The van der Waals surface area contributed by atoms with E-state index in [1.165, 1.54) is 36.6 Å². The van der Waals surface area contributed by atoms with E-state index in [-0.39, 0.29) is 24.4 Å². The number of nitrogens with one attached hydrogen (secondary N) is 1. The van der Waals surface area contributed by atoms with E-state index in [9.17, 15) is 18.4 Å². The second-order valence-electron chi connectivity index (χ2n) is 12.6. The Bertz CT molecular complexity index is 1230. The number of hydrogen-bond donors (Lipinski definition) is 1. The van der Waals surface area contributed by atoms with Crippen LogP contribution in [0.15, 0.2) is 24.5 Å². The van der Waals surface area contributed by atoms with Crippen molar-refractivity contribution in [1.82, 2.24) is 14.9 Å². The van der Waals surface area contributed by atoms with Crippen LogP contribution in [0.25, 0.3) is 0 Å². The van der Waals surface area contributed by atoms with E-state index in [2.05, 4.69) is 29.1 Å². The minimum Gasteiger partial charge on any atom is -0.332 e. The van der Waals surface area contributed by atoms with Crippen LogP contribution in [0.1, 0.15) is 80.4 Å². The van der Waals surface area contributed by atoms with Crippen molar-refractivity contribution >= 4 is 17.6 Å². The van der Waals surface area contributed by atoms with Gasteiger partial charge in [-0.3, -0.25) is 9.59 Å². The average Bonchev–Trinajstić information content (AvgIpc) is 2.76. The smallest absolute Gasteiger partial charge is 0.260 e. The van der Waals surface area contributed by atoms with Crippen molar-refractivity contribution in [2.45, 2.75) is 71.8 Å². The predicted octanol–water partition coefficient (Wildman–Crippen LogP) is 5.28. The van der Waals surface area contributed by atoms with Crippen molar-refractivity contribution in [3.8, 4) is 0 Å².